The molecule has 15 heteroatoms. The van der Waals surface area contributed by atoms with Crippen LogP contribution in [0.4, 0.5) is 0 Å². The van der Waals surface area contributed by atoms with Gasteiger partial charge in [-0.2, -0.15) is 0 Å². The molecule has 0 unspecified atom stereocenters. The Hall–Kier alpha value is -1.62. The molecular weight excluding hydrogens is 424 g/mol. The summed E-state index contributed by atoms with van der Waals surface area (Å²) < 4.78 is 22.0. The third kappa shape index (κ3) is 6.21. The second kappa shape index (κ2) is 11.8. The molecule has 0 aliphatic carbocycles. The monoisotopic (exact) mass is 452 g/mol. The van der Waals surface area contributed by atoms with Crippen molar-refractivity contribution in [2.75, 3.05) is 26.4 Å². The number of hydrogen-bond donors (Lipinski definition) is 7. The lowest BCUT2D eigenvalue weighted by molar-refractivity contribution is -0.354. The third-order valence-electron chi connectivity index (χ3n) is 4.90. The zero-order valence-electron chi connectivity index (χ0n) is 16.7. The van der Waals surface area contributed by atoms with Gasteiger partial charge in [-0.3, -0.25) is 4.79 Å². The third-order valence-corrected chi connectivity index (χ3v) is 4.90. The van der Waals surface area contributed by atoms with Gasteiger partial charge in [0, 0.05) is 18.4 Å². The van der Waals surface area contributed by atoms with Crippen molar-refractivity contribution >= 4 is 5.91 Å². The number of amides is 1. The molecule has 0 aromatic rings. The highest BCUT2D eigenvalue weighted by molar-refractivity contribution is 5.73. The van der Waals surface area contributed by atoms with Crippen molar-refractivity contribution in [1.29, 1.82) is 0 Å². The fraction of sp³-hybridized carbons (Fsp3) is 0.938. The van der Waals surface area contributed by atoms with E-state index in [1.54, 1.807) is 0 Å². The van der Waals surface area contributed by atoms with Gasteiger partial charge >= 0.3 is 0 Å². The summed E-state index contributed by atoms with van der Waals surface area (Å²) in [5.41, 5.74) is 8.35. The van der Waals surface area contributed by atoms with Crippen molar-refractivity contribution in [2.45, 2.75) is 68.3 Å². The Morgan fingerprint density at radius 3 is 2.16 bits per heavy atom. The lowest BCUT2D eigenvalue weighted by Gasteiger charge is -2.47. The van der Waals surface area contributed by atoms with Crippen molar-refractivity contribution in [3.05, 3.63) is 10.4 Å². The first-order chi connectivity index (χ1) is 14.7. The topological polar surface area (TPSA) is 236 Å². The van der Waals surface area contributed by atoms with Crippen LogP contribution < -0.4 is 5.32 Å². The summed E-state index contributed by atoms with van der Waals surface area (Å²) >= 11 is 0. The van der Waals surface area contributed by atoms with Crippen molar-refractivity contribution in [2.24, 2.45) is 5.11 Å². The number of ether oxygens (including phenoxy) is 4. The second-order valence-corrected chi connectivity index (χ2v) is 7.07. The van der Waals surface area contributed by atoms with E-state index in [1.807, 2.05) is 0 Å². The molecule has 2 aliphatic heterocycles. The van der Waals surface area contributed by atoms with Gasteiger partial charge in [0.15, 0.2) is 12.6 Å². The number of rotatable bonds is 9. The number of hydrogen-bond acceptors (Lipinski definition) is 12. The van der Waals surface area contributed by atoms with E-state index >= 15 is 0 Å². The summed E-state index contributed by atoms with van der Waals surface area (Å²) in [5.74, 6) is -0.584. The number of carbonyl (C=O) groups excluding carboxylic acids is 1. The van der Waals surface area contributed by atoms with E-state index in [0.717, 1.165) is 6.92 Å². The fourth-order valence-corrected chi connectivity index (χ4v) is 3.33. The Kier molecular flexibility index (Phi) is 9.80. The van der Waals surface area contributed by atoms with Crippen LogP contribution in [0.3, 0.4) is 0 Å². The molecule has 31 heavy (non-hydrogen) atoms. The molecule has 0 saturated carbocycles. The first-order valence-corrected chi connectivity index (χ1v) is 9.55. The van der Waals surface area contributed by atoms with Gasteiger partial charge in [-0.05, 0) is 5.53 Å². The smallest absolute Gasteiger partial charge is 0.217 e. The lowest BCUT2D eigenvalue weighted by atomic mass is 9.95. The van der Waals surface area contributed by atoms with E-state index in [1.165, 1.54) is 0 Å². The number of azide groups is 1. The van der Waals surface area contributed by atoms with Crippen LogP contribution in [0.5, 0.6) is 0 Å². The Balaban J connectivity index is 2.24. The predicted molar refractivity (Wildman–Crippen MR) is 98.0 cm³/mol. The Labute approximate surface area is 176 Å². The summed E-state index contributed by atoms with van der Waals surface area (Å²) in [4.78, 5) is 14.1. The molecule has 0 bridgehead atoms. The predicted octanol–water partition coefficient (Wildman–Crippen LogP) is -3.92. The molecule has 15 nitrogen and oxygen atoms in total. The molecule has 2 heterocycles. The number of nitrogens with zero attached hydrogens (tertiary/aromatic N) is 3. The van der Waals surface area contributed by atoms with Crippen molar-refractivity contribution in [3.63, 3.8) is 0 Å². The quantitative estimate of drug-likeness (QED) is 0.0772. The SMILES string of the molecule is CC(=O)N[C@@H]1[C@H](O[C@H]2[C@@H](OCCN=[N+]=[N-])O[C@@H](CO)[C@@H](O)[C@@H]2O)O[C@@H](CO)[C@@H](O)[C@@H]1O. The highest BCUT2D eigenvalue weighted by Gasteiger charge is 2.51. The average molecular weight is 452 g/mol. The van der Waals surface area contributed by atoms with Crippen molar-refractivity contribution in [3.8, 4) is 0 Å². The first-order valence-electron chi connectivity index (χ1n) is 9.55. The van der Waals surface area contributed by atoms with Crippen LogP contribution in [0.15, 0.2) is 5.11 Å². The van der Waals surface area contributed by atoms with Crippen LogP contribution in [-0.4, -0.2) is 124 Å². The van der Waals surface area contributed by atoms with Gasteiger partial charge in [0.05, 0.1) is 19.8 Å². The van der Waals surface area contributed by atoms with Crippen LogP contribution in [0.25, 0.3) is 10.4 Å². The highest BCUT2D eigenvalue weighted by Crippen LogP contribution is 2.29. The van der Waals surface area contributed by atoms with Gasteiger partial charge in [0.25, 0.3) is 0 Å². The van der Waals surface area contributed by atoms with E-state index in [2.05, 4.69) is 15.3 Å². The van der Waals surface area contributed by atoms with Gasteiger partial charge in [-0.25, -0.2) is 0 Å². The molecule has 2 rings (SSSR count). The fourth-order valence-electron chi connectivity index (χ4n) is 3.33. The van der Waals surface area contributed by atoms with E-state index in [0.29, 0.717) is 0 Å². The maximum Gasteiger partial charge on any atom is 0.217 e. The van der Waals surface area contributed by atoms with Crippen LogP contribution in [0, 0.1) is 0 Å². The molecule has 7 N–H and O–H groups in total. The highest BCUT2D eigenvalue weighted by atomic mass is 16.7. The average Bonchev–Trinajstić information content (AvgIpc) is 2.74. The molecular formula is C16H28N4O11. The van der Waals surface area contributed by atoms with Gasteiger partial charge in [0.1, 0.15) is 48.8 Å². The van der Waals surface area contributed by atoms with Crippen LogP contribution in [-0.2, 0) is 23.7 Å². The molecule has 2 saturated heterocycles. The lowest BCUT2D eigenvalue weighted by Crippen LogP contribution is -2.67. The van der Waals surface area contributed by atoms with Crippen LogP contribution in [0.2, 0.25) is 0 Å². The summed E-state index contributed by atoms with van der Waals surface area (Å²) in [7, 11) is 0. The number of aliphatic hydroxyl groups is 6. The van der Waals surface area contributed by atoms with Crippen molar-refractivity contribution < 1.29 is 54.4 Å². The maximum atomic E-state index is 11.5. The number of carbonyl (C=O) groups is 1. The van der Waals surface area contributed by atoms with E-state index < -0.39 is 80.5 Å². The maximum absolute atomic E-state index is 11.5. The summed E-state index contributed by atoms with van der Waals surface area (Å²) in [6.45, 7) is -0.415. The molecule has 1 amide bonds. The molecule has 0 aromatic heterocycles. The van der Waals surface area contributed by atoms with Crippen LogP contribution >= 0.6 is 0 Å². The number of aliphatic hydroxyl groups excluding tert-OH is 6. The molecule has 178 valence electrons. The second-order valence-electron chi connectivity index (χ2n) is 7.07. The molecule has 10 atom stereocenters. The zero-order valence-corrected chi connectivity index (χ0v) is 16.7. The largest absolute Gasteiger partial charge is 0.394 e. The first kappa shape index (κ1) is 25.6. The minimum atomic E-state index is -1.66. The normalized spacial score (nSPS) is 40.7. The zero-order chi connectivity index (χ0) is 23.1. The minimum absolute atomic E-state index is 0.0859. The van der Waals surface area contributed by atoms with Gasteiger partial charge in [-0.15, -0.1) is 0 Å². The van der Waals surface area contributed by atoms with E-state index in [4.69, 9.17) is 24.5 Å². The van der Waals surface area contributed by atoms with Crippen molar-refractivity contribution in [1.82, 2.24) is 5.32 Å². The molecule has 0 spiro atoms. The minimum Gasteiger partial charge on any atom is -0.394 e. The van der Waals surface area contributed by atoms with Gasteiger partial charge < -0.3 is 54.9 Å². The molecule has 0 aromatic carbocycles. The molecule has 0 radical (unpaired) electrons. The van der Waals surface area contributed by atoms with E-state index in [-0.39, 0.29) is 13.2 Å². The Morgan fingerprint density at radius 2 is 1.61 bits per heavy atom. The standard InChI is InChI=1S/C16H28N4O11/c1-6(23)19-9-12(26)10(24)7(4-21)29-15(9)31-14-13(27)11(25)8(5-22)30-16(14)28-3-2-18-20-17/h7-16,21-22,24-27H,2-5H2,1H3,(H,19,23)/t7-,8-,9-,10+,11+,12+,13-,14+,15-,16-/m0/s1. The number of nitrogens with one attached hydrogen (secondary N) is 1. The summed E-state index contributed by atoms with van der Waals surface area (Å²) in [6.07, 6.45) is -13.2. The summed E-state index contributed by atoms with van der Waals surface area (Å²) in [5, 5.41) is 65.6. The Morgan fingerprint density at radius 1 is 1.03 bits per heavy atom. The van der Waals surface area contributed by atoms with Gasteiger partial charge in [-0.1, -0.05) is 5.11 Å². The van der Waals surface area contributed by atoms with Gasteiger partial charge in [0.2, 0.25) is 5.91 Å². The van der Waals surface area contributed by atoms with E-state index in [9.17, 15) is 35.4 Å². The molecule has 2 aliphatic rings. The Bertz CT molecular complexity index is 637. The van der Waals surface area contributed by atoms with Crippen LogP contribution in [0.1, 0.15) is 6.92 Å². The molecule has 2 fully saturated rings. The summed E-state index contributed by atoms with van der Waals surface area (Å²) in [6, 6.07) is -1.31.